The smallest absolute Gasteiger partial charge is 0.0613 e. The molecule has 1 aromatic rings. The van der Waals surface area contributed by atoms with Gasteiger partial charge in [0.25, 0.3) is 0 Å². The number of benzene rings is 1. The number of aryl methyl sites for hydroxylation is 2. The molecule has 0 saturated heterocycles. The zero-order valence-electron chi connectivity index (χ0n) is 8.35. The third kappa shape index (κ3) is 2.04. The van der Waals surface area contributed by atoms with Crippen molar-refractivity contribution in [3.05, 3.63) is 29.3 Å². The molecule has 66 valence electrons. The van der Waals surface area contributed by atoms with E-state index in [1.54, 1.807) is 0 Å². The number of hydrogen-bond acceptors (Lipinski definition) is 0. The van der Waals surface area contributed by atoms with Crippen LogP contribution in [0.25, 0.3) is 0 Å². The van der Waals surface area contributed by atoms with Crippen LogP contribution in [-0.2, 0) is 17.3 Å². The van der Waals surface area contributed by atoms with Crippen molar-refractivity contribution in [3.8, 4) is 0 Å². The lowest BCUT2D eigenvalue weighted by Gasteiger charge is -2.03. The van der Waals surface area contributed by atoms with Crippen LogP contribution in [0.1, 0.15) is 18.1 Å². The van der Waals surface area contributed by atoms with Crippen LogP contribution in [0, 0.1) is 6.92 Å². The SMILES string of the molecule is CCc1ccc([S+](C)C)cc1C. The maximum absolute atomic E-state index is 2.32. The molecule has 0 saturated carbocycles. The minimum absolute atomic E-state index is 0.401. The Balaban J connectivity index is 3.02. The fourth-order valence-corrected chi connectivity index (χ4v) is 2.07. The van der Waals surface area contributed by atoms with Crippen LogP contribution in [0.5, 0.6) is 0 Å². The summed E-state index contributed by atoms with van der Waals surface area (Å²) < 4.78 is 0. The minimum atomic E-state index is 0.401. The Morgan fingerprint density at radius 1 is 1.25 bits per heavy atom. The normalized spacial score (nSPS) is 10.8. The van der Waals surface area contributed by atoms with Crippen LogP contribution in [0.2, 0.25) is 0 Å². The molecule has 0 aromatic heterocycles. The second kappa shape index (κ2) is 3.99. The lowest BCUT2D eigenvalue weighted by atomic mass is 10.1. The highest BCUT2D eigenvalue weighted by atomic mass is 32.2. The Bertz CT molecular complexity index is 264. The largest absolute Gasteiger partial charge is 0.154 e. The molecule has 0 fully saturated rings. The molecule has 0 spiro atoms. The van der Waals surface area contributed by atoms with E-state index in [1.807, 2.05) is 0 Å². The van der Waals surface area contributed by atoms with E-state index in [1.165, 1.54) is 16.0 Å². The average Bonchev–Trinajstić information content (AvgIpc) is 2.04. The highest BCUT2D eigenvalue weighted by Gasteiger charge is 2.08. The predicted molar refractivity (Wildman–Crippen MR) is 58.0 cm³/mol. The van der Waals surface area contributed by atoms with Crippen molar-refractivity contribution in [2.45, 2.75) is 25.2 Å². The molecule has 1 rings (SSSR count). The van der Waals surface area contributed by atoms with Gasteiger partial charge in [-0.3, -0.25) is 0 Å². The Kier molecular flexibility index (Phi) is 3.21. The first-order valence-corrected chi connectivity index (χ1v) is 6.36. The fourth-order valence-electron chi connectivity index (χ4n) is 1.32. The van der Waals surface area contributed by atoms with Gasteiger partial charge in [-0.2, -0.15) is 0 Å². The summed E-state index contributed by atoms with van der Waals surface area (Å²) in [7, 11) is 0.401. The molecule has 0 aliphatic rings. The van der Waals surface area contributed by atoms with Crippen molar-refractivity contribution in [1.29, 1.82) is 0 Å². The van der Waals surface area contributed by atoms with Crippen molar-refractivity contribution < 1.29 is 0 Å². The number of rotatable bonds is 2. The van der Waals surface area contributed by atoms with Crippen molar-refractivity contribution in [2.24, 2.45) is 0 Å². The maximum atomic E-state index is 2.32. The van der Waals surface area contributed by atoms with Gasteiger partial charge in [-0.15, -0.1) is 0 Å². The lowest BCUT2D eigenvalue weighted by molar-refractivity contribution is 1.10. The third-order valence-electron chi connectivity index (χ3n) is 2.17. The Hall–Kier alpha value is -0.430. The second-order valence-corrected chi connectivity index (χ2v) is 5.36. The van der Waals surface area contributed by atoms with Gasteiger partial charge in [0.05, 0.1) is 0 Å². The molecule has 1 aromatic carbocycles. The summed E-state index contributed by atoms with van der Waals surface area (Å²) in [6.07, 6.45) is 5.67. The van der Waals surface area contributed by atoms with E-state index in [4.69, 9.17) is 0 Å². The van der Waals surface area contributed by atoms with Crippen molar-refractivity contribution in [3.63, 3.8) is 0 Å². The van der Waals surface area contributed by atoms with E-state index >= 15 is 0 Å². The van der Waals surface area contributed by atoms with E-state index < -0.39 is 0 Å². The van der Waals surface area contributed by atoms with Gasteiger partial charge in [-0.25, -0.2) is 0 Å². The first kappa shape index (κ1) is 9.66. The zero-order chi connectivity index (χ0) is 9.14. The summed E-state index contributed by atoms with van der Waals surface area (Å²) in [5, 5.41) is 0. The summed E-state index contributed by atoms with van der Waals surface area (Å²) >= 11 is 0. The molecule has 0 radical (unpaired) electrons. The van der Waals surface area contributed by atoms with Crippen LogP contribution in [0.4, 0.5) is 0 Å². The third-order valence-corrected chi connectivity index (χ3v) is 3.36. The summed E-state index contributed by atoms with van der Waals surface area (Å²) in [5.74, 6) is 0. The van der Waals surface area contributed by atoms with Crippen LogP contribution < -0.4 is 0 Å². The van der Waals surface area contributed by atoms with Crippen LogP contribution in [0.15, 0.2) is 23.1 Å². The topological polar surface area (TPSA) is 0 Å². The molecule has 0 amide bonds. The van der Waals surface area contributed by atoms with Crippen LogP contribution in [0.3, 0.4) is 0 Å². The van der Waals surface area contributed by atoms with E-state index in [9.17, 15) is 0 Å². The first-order valence-electron chi connectivity index (χ1n) is 4.32. The van der Waals surface area contributed by atoms with Gasteiger partial charge in [0.2, 0.25) is 0 Å². The van der Waals surface area contributed by atoms with E-state index in [0.29, 0.717) is 10.9 Å². The molecule has 0 aliphatic heterocycles. The maximum Gasteiger partial charge on any atom is 0.154 e. The van der Waals surface area contributed by atoms with Crippen LogP contribution >= 0.6 is 0 Å². The molecular formula is C11H17S+. The lowest BCUT2D eigenvalue weighted by Crippen LogP contribution is -1.97. The minimum Gasteiger partial charge on any atom is -0.0613 e. The quantitative estimate of drug-likeness (QED) is 0.615. The fraction of sp³-hybridized carbons (Fsp3) is 0.455. The highest BCUT2D eigenvalue weighted by Crippen LogP contribution is 2.15. The molecule has 0 aliphatic carbocycles. The summed E-state index contributed by atoms with van der Waals surface area (Å²) in [6, 6.07) is 6.84. The Morgan fingerprint density at radius 3 is 2.33 bits per heavy atom. The Morgan fingerprint density at radius 2 is 1.92 bits per heavy atom. The summed E-state index contributed by atoms with van der Waals surface area (Å²) in [6.45, 7) is 4.41. The molecule has 12 heavy (non-hydrogen) atoms. The summed E-state index contributed by atoms with van der Waals surface area (Å²) in [5.41, 5.74) is 2.92. The molecular weight excluding hydrogens is 164 g/mol. The zero-order valence-corrected chi connectivity index (χ0v) is 9.16. The van der Waals surface area contributed by atoms with E-state index in [-0.39, 0.29) is 0 Å². The standard InChI is InChI=1S/C11H17S/c1-5-10-6-7-11(12(3)4)8-9(10)2/h6-8H,5H2,1-4H3/q+1. The van der Waals surface area contributed by atoms with Crippen molar-refractivity contribution in [1.82, 2.24) is 0 Å². The van der Waals surface area contributed by atoms with Crippen molar-refractivity contribution in [2.75, 3.05) is 12.5 Å². The molecule has 0 bridgehead atoms. The van der Waals surface area contributed by atoms with Gasteiger partial charge in [0.1, 0.15) is 12.5 Å². The second-order valence-electron chi connectivity index (χ2n) is 3.26. The Labute approximate surface area is 78.3 Å². The van der Waals surface area contributed by atoms with Gasteiger partial charge in [-0.05, 0) is 36.6 Å². The van der Waals surface area contributed by atoms with Gasteiger partial charge >= 0.3 is 0 Å². The highest BCUT2D eigenvalue weighted by molar-refractivity contribution is 7.95. The van der Waals surface area contributed by atoms with Crippen molar-refractivity contribution >= 4 is 10.9 Å². The van der Waals surface area contributed by atoms with Gasteiger partial charge in [-0.1, -0.05) is 13.0 Å². The predicted octanol–water partition coefficient (Wildman–Crippen LogP) is 2.79. The van der Waals surface area contributed by atoms with Gasteiger partial charge in [0, 0.05) is 10.9 Å². The molecule has 0 unspecified atom stereocenters. The van der Waals surface area contributed by atoms with E-state index in [2.05, 4.69) is 44.6 Å². The molecule has 0 nitrogen and oxygen atoms in total. The average molecular weight is 181 g/mol. The monoisotopic (exact) mass is 181 g/mol. The van der Waals surface area contributed by atoms with Gasteiger partial charge in [0.15, 0.2) is 4.90 Å². The molecule has 0 atom stereocenters. The number of hydrogen-bond donors (Lipinski definition) is 0. The molecule has 0 heterocycles. The molecule has 0 N–H and O–H groups in total. The van der Waals surface area contributed by atoms with Crippen LogP contribution in [-0.4, -0.2) is 12.5 Å². The first-order chi connectivity index (χ1) is 5.65. The molecule has 1 heteroatoms. The van der Waals surface area contributed by atoms with E-state index in [0.717, 1.165) is 6.42 Å². The van der Waals surface area contributed by atoms with Gasteiger partial charge < -0.3 is 0 Å². The summed E-state index contributed by atoms with van der Waals surface area (Å²) in [4.78, 5) is 1.48.